The quantitative estimate of drug-likeness (QED) is 0.831. The highest BCUT2D eigenvalue weighted by Gasteiger charge is 2.15. The number of hydrogen-bond acceptors (Lipinski definition) is 4. The summed E-state index contributed by atoms with van der Waals surface area (Å²) in [5.74, 6) is -0.514. The van der Waals surface area contributed by atoms with E-state index in [0.717, 1.165) is 0 Å². The van der Waals surface area contributed by atoms with Gasteiger partial charge in [0.1, 0.15) is 12.1 Å². The van der Waals surface area contributed by atoms with E-state index in [9.17, 15) is 9.18 Å². The van der Waals surface area contributed by atoms with E-state index in [4.69, 9.17) is 0 Å². The fourth-order valence-electron chi connectivity index (χ4n) is 1.25. The van der Waals surface area contributed by atoms with Gasteiger partial charge in [0.15, 0.2) is 5.16 Å². The molecule has 7 heteroatoms. The van der Waals surface area contributed by atoms with Crippen LogP contribution in [0.5, 0.6) is 0 Å². The summed E-state index contributed by atoms with van der Waals surface area (Å²) in [6.07, 6.45) is 1.38. The molecule has 0 aliphatic carbocycles. The highest BCUT2D eigenvalue weighted by atomic mass is 32.2. The van der Waals surface area contributed by atoms with Crippen molar-refractivity contribution in [1.29, 1.82) is 0 Å². The number of halogens is 1. The molecule has 1 aromatic carbocycles. The number of thioether (sulfide) groups is 1. The van der Waals surface area contributed by atoms with Crippen molar-refractivity contribution >= 4 is 23.4 Å². The van der Waals surface area contributed by atoms with Gasteiger partial charge in [0, 0.05) is 5.69 Å². The van der Waals surface area contributed by atoms with Crippen LogP contribution in [0.1, 0.15) is 6.92 Å². The lowest BCUT2D eigenvalue weighted by Crippen LogP contribution is -2.22. The Morgan fingerprint density at radius 2 is 2.17 bits per heavy atom. The van der Waals surface area contributed by atoms with Gasteiger partial charge in [0.05, 0.1) is 5.25 Å². The molecule has 94 valence electrons. The van der Waals surface area contributed by atoms with Crippen LogP contribution in [0.2, 0.25) is 0 Å². The lowest BCUT2D eigenvalue weighted by Gasteiger charge is -2.10. The van der Waals surface area contributed by atoms with Crippen LogP contribution < -0.4 is 5.32 Å². The van der Waals surface area contributed by atoms with Crippen LogP contribution in [0.25, 0.3) is 0 Å². The number of carbonyl (C=O) groups excluding carboxylic acids is 1. The van der Waals surface area contributed by atoms with Crippen molar-refractivity contribution in [3.8, 4) is 0 Å². The predicted octanol–water partition coefficient (Wildman–Crippen LogP) is 2.06. The zero-order valence-electron chi connectivity index (χ0n) is 9.55. The van der Waals surface area contributed by atoms with Crippen molar-refractivity contribution in [1.82, 2.24) is 15.2 Å². The van der Waals surface area contributed by atoms with Crippen molar-refractivity contribution < 1.29 is 9.18 Å². The SMILES string of the molecule is C[C@@H](Sc1ncn[nH]1)C(=O)Nc1ccc(F)cc1. The Morgan fingerprint density at radius 3 is 2.78 bits per heavy atom. The van der Waals surface area contributed by atoms with Crippen LogP contribution in [-0.2, 0) is 4.79 Å². The Labute approximate surface area is 107 Å². The summed E-state index contributed by atoms with van der Waals surface area (Å²) in [7, 11) is 0. The van der Waals surface area contributed by atoms with Crippen LogP contribution >= 0.6 is 11.8 Å². The van der Waals surface area contributed by atoms with E-state index in [-0.39, 0.29) is 17.0 Å². The summed E-state index contributed by atoms with van der Waals surface area (Å²) in [5.41, 5.74) is 0.561. The number of hydrogen-bond donors (Lipinski definition) is 2. The minimum atomic E-state index is -0.336. The summed E-state index contributed by atoms with van der Waals surface area (Å²) >= 11 is 1.27. The summed E-state index contributed by atoms with van der Waals surface area (Å²) in [6.45, 7) is 1.76. The van der Waals surface area contributed by atoms with Crippen molar-refractivity contribution in [2.45, 2.75) is 17.3 Å². The standard InChI is InChI=1S/C11H11FN4OS/c1-7(18-11-13-6-14-16-11)10(17)15-9-4-2-8(12)3-5-9/h2-7H,1H3,(H,15,17)(H,13,14,16)/t7-/m1/s1. The summed E-state index contributed by atoms with van der Waals surface area (Å²) in [4.78, 5) is 15.8. The molecule has 0 saturated carbocycles. The maximum atomic E-state index is 12.7. The number of carbonyl (C=O) groups is 1. The first-order valence-electron chi connectivity index (χ1n) is 5.23. The normalized spacial score (nSPS) is 12.1. The number of rotatable bonds is 4. The Bertz CT molecular complexity index is 514. The molecule has 0 bridgehead atoms. The van der Waals surface area contributed by atoms with E-state index in [1.807, 2.05) is 0 Å². The molecule has 0 saturated heterocycles. The van der Waals surface area contributed by atoms with Crippen LogP contribution in [0.15, 0.2) is 35.7 Å². The number of aromatic amines is 1. The van der Waals surface area contributed by atoms with Gasteiger partial charge in [-0.25, -0.2) is 9.37 Å². The second kappa shape index (κ2) is 5.63. The topological polar surface area (TPSA) is 70.7 Å². The number of H-pyrrole nitrogens is 1. The molecule has 18 heavy (non-hydrogen) atoms. The van der Waals surface area contributed by atoms with Gasteiger partial charge in [-0.05, 0) is 31.2 Å². The molecule has 2 N–H and O–H groups in total. The third-order valence-electron chi connectivity index (χ3n) is 2.16. The fraction of sp³-hybridized carbons (Fsp3) is 0.182. The summed E-state index contributed by atoms with van der Waals surface area (Å²) in [5, 5.41) is 9.31. The lowest BCUT2D eigenvalue weighted by molar-refractivity contribution is -0.115. The van der Waals surface area contributed by atoms with E-state index >= 15 is 0 Å². The van der Waals surface area contributed by atoms with E-state index in [1.165, 1.54) is 42.4 Å². The first-order chi connectivity index (χ1) is 8.65. The first kappa shape index (κ1) is 12.6. The molecule has 1 heterocycles. The molecule has 0 aliphatic rings. The number of nitrogens with zero attached hydrogens (tertiary/aromatic N) is 2. The second-order valence-electron chi connectivity index (χ2n) is 3.55. The van der Waals surface area contributed by atoms with Gasteiger partial charge in [-0.1, -0.05) is 11.8 Å². The third kappa shape index (κ3) is 3.30. The van der Waals surface area contributed by atoms with E-state index in [2.05, 4.69) is 20.5 Å². The Balaban J connectivity index is 1.93. The number of amides is 1. The molecule has 1 aromatic heterocycles. The molecule has 0 unspecified atom stereocenters. The molecule has 0 fully saturated rings. The molecule has 2 rings (SSSR count). The predicted molar refractivity (Wildman–Crippen MR) is 66.7 cm³/mol. The first-order valence-corrected chi connectivity index (χ1v) is 6.11. The minimum absolute atomic E-state index is 0.178. The van der Waals surface area contributed by atoms with Crippen LogP contribution in [0, 0.1) is 5.82 Å². The molecule has 0 spiro atoms. The Kier molecular flexibility index (Phi) is 3.93. The molecule has 5 nitrogen and oxygen atoms in total. The zero-order valence-corrected chi connectivity index (χ0v) is 10.4. The molecule has 0 aliphatic heterocycles. The van der Waals surface area contributed by atoms with Crippen molar-refractivity contribution in [2.75, 3.05) is 5.32 Å². The number of nitrogens with one attached hydrogen (secondary N) is 2. The van der Waals surface area contributed by atoms with Crippen LogP contribution in [0.3, 0.4) is 0 Å². The van der Waals surface area contributed by atoms with Crippen LogP contribution in [-0.4, -0.2) is 26.3 Å². The Morgan fingerprint density at radius 1 is 1.44 bits per heavy atom. The summed E-state index contributed by atoms with van der Waals surface area (Å²) in [6, 6.07) is 5.62. The molecular weight excluding hydrogens is 255 g/mol. The second-order valence-corrected chi connectivity index (χ2v) is 4.88. The maximum absolute atomic E-state index is 12.7. The number of aromatic nitrogens is 3. The molecular formula is C11H11FN4OS. The molecule has 0 radical (unpaired) electrons. The molecule has 1 atom stereocenters. The van der Waals surface area contributed by atoms with Gasteiger partial charge < -0.3 is 5.32 Å². The van der Waals surface area contributed by atoms with E-state index in [1.54, 1.807) is 6.92 Å². The number of anilines is 1. The minimum Gasteiger partial charge on any atom is -0.325 e. The molecule has 1 amide bonds. The fourth-order valence-corrected chi connectivity index (χ4v) is 1.96. The Hall–Kier alpha value is -1.89. The average molecular weight is 266 g/mol. The summed E-state index contributed by atoms with van der Waals surface area (Å²) < 4.78 is 12.7. The zero-order chi connectivity index (χ0) is 13.0. The van der Waals surface area contributed by atoms with Crippen molar-refractivity contribution in [2.24, 2.45) is 0 Å². The smallest absolute Gasteiger partial charge is 0.237 e. The highest BCUT2D eigenvalue weighted by Crippen LogP contribution is 2.19. The molecule has 2 aromatic rings. The van der Waals surface area contributed by atoms with Gasteiger partial charge in [-0.15, -0.1) is 0 Å². The maximum Gasteiger partial charge on any atom is 0.237 e. The van der Waals surface area contributed by atoms with E-state index < -0.39 is 0 Å². The van der Waals surface area contributed by atoms with Gasteiger partial charge in [-0.3, -0.25) is 9.89 Å². The van der Waals surface area contributed by atoms with Crippen molar-refractivity contribution in [3.05, 3.63) is 36.4 Å². The van der Waals surface area contributed by atoms with Gasteiger partial charge >= 0.3 is 0 Å². The monoisotopic (exact) mass is 266 g/mol. The highest BCUT2D eigenvalue weighted by molar-refractivity contribution is 8.00. The largest absolute Gasteiger partial charge is 0.325 e. The van der Waals surface area contributed by atoms with Crippen LogP contribution in [0.4, 0.5) is 10.1 Å². The third-order valence-corrected chi connectivity index (χ3v) is 3.15. The van der Waals surface area contributed by atoms with Crippen molar-refractivity contribution in [3.63, 3.8) is 0 Å². The van der Waals surface area contributed by atoms with E-state index in [0.29, 0.717) is 10.8 Å². The lowest BCUT2D eigenvalue weighted by atomic mass is 10.3. The average Bonchev–Trinajstić information content (AvgIpc) is 2.85. The van der Waals surface area contributed by atoms with Gasteiger partial charge in [0.25, 0.3) is 0 Å². The van der Waals surface area contributed by atoms with Gasteiger partial charge in [-0.2, -0.15) is 5.10 Å². The number of benzene rings is 1. The van der Waals surface area contributed by atoms with Gasteiger partial charge in [0.2, 0.25) is 5.91 Å².